The smallest absolute Gasteiger partial charge is 0.321 e. The zero-order valence-electron chi connectivity index (χ0n) is 11.0. The molecule has 0 radical (unpaired) electrons. The summed E-state index contributed by atoms with van der Waals surface area (Å²) < 4.78 is 0. The highest BCUT2D eigenvalue weighted by Crippen LogP contribution is 2.18. The molecular formula is C12H23N3O3. The Balaban J connectivity index is 2.36. The van der Waals surface area contributed by atoms with E-state index in [0.29, 0.717) is 6.54 Å². The maximum Gasteiger partial charge on any atom is 0.321 e. The first-order valence-electron chi connectivity index (χ1n) is 6.57. The van der Waals surface area contributed by atoms with Gasteiger partial charge in [0.05, 0.1) is 12.1 Å². The van der Waals surface area contributed by atoms with Gasteiger partial charge in [-0.3, -0.25) is 10.1 Å². The molecule has 1 saturated carbocycles. The van der Waals surface area contributed by atoms with Crippen molar-refractivity contribution in [1.29, 1.82) is 0 Å². The van der Waals surface area contributed by atoms with E-state index in [-0.39, 0.29) is 11.9 Å². The fraction of sp³-hybridized carbons (Fsp3) is 0.833. The van der Waals surface area contributed by atoms with Gasteiger partial charge in [0.2, 0.25) is 5.91 Å². The van der Waals surface area contributed by atoms with Gasteiger partial charge in [0.25, 0.3) is 0 Å². The predicted molar refractivity (Wildman–Crippen MR) is 68.1 cm³/mol. The van der Waals surface area contributed by atoms with Gasteiger partial charge in [0, 0.05) is 12.6 Å². The van der Waals surface area contributed by atoms with Crippen molar-refractivity contribution in [2.75, 3.05) is 6.54 Å². The maximum absolute atomic E-state index is 11.7. The number of nitrogens with one attached hydrogen (secondary N) is 3. The second-order valence-electron chi connectivity index (χ2n) is 4.70. The minimum Gasteiger partial charge on any atom is -0.392 e. The largest absolute Gasteiger partial charge is 0.392 e. The van der Waals surface area contributed by atoms with Gasteiger partial charge in [-0.2, -0.15) is 0 Å². The number of aliphatic hydroxyl groups excluding tert-OH is 1. The Labute approximate surface area is 108 Å². The standard InChI is InChI=1S/C12H23N3O3/c1-3-13-12(18)15-11(17)8(2)14-9-6-4-5-7-10(9)16/h8-10,14,16H,3-7H2,1-2H3,(H2,13,15,17,18). The normalized spacial score (nSPS) is 25.3. The van der Waals surface area contributed by atoms with Crippen LogP contribution in [0, 0.1) is 0 Å². The maximum atomic E-state index is 11.7. The molecule has 4 N–H and O–H groups in total. The van der Waals surface area contributed by atoms with E-state index >= 15 is 0 Å². The molecule has 0 aromatic rings. The molecule has 0 heterocycles. The lowest BCUT2D eigenvalue weighted by Crippen LogP contribution is -2.53. The molecule has 6 heteroatoms. The first-order chi connectivity index (χ1) is 8.54. The average molecular weight is 257 g/mol. The highest BCUT2D eigenvalue weighted by atomic mass is 16.3. The molecule has 18 heavy (non-hydrogen) atoms. The molecule has 1 fully saturated rings. The molecule has 104 valence electrons. The summed E-state index contributed by atoms with van der Waals surface area (Å²) in [4.78, 5) is 22.9. The second kappa shape index (κ2) is 7.33. The van der Waals surface area contributed by atoms with Gasteiger partial charge >= 0.3 is 6.03 Å². The minimum absolute atomic E-state index is 0.0614. The summed E-state index contributed by atoms with van der Waals surface area (Å²) >= 11 is 0. The number of hydrogen-bond acceptors (Lipinski definition) is 4. The number of amides is 3. The predicted octanol–water partition coefficient (Wildman–Crippen LogP) is 0.114. The molecule has 3 amide bonds. The first kappa shape index (κ1) is 14.9. The summed E-state index contributed by atoms with van der Waals surface area (Å²) in [7, 11) is 0. The van der Waals surface area contributed by atoms with Crippen LogP contribution >= 0.6 is 0 Å². The summed E-state index contributed by atoms with van der Waals surface area (Å²) in [6.07, 6.45) is 3.30. The van der Waals surface area contributed by atoms with E-state index in [9.17, 15) is 14.7 Å². The number of urea groups is 1. The Morgan fingerprint density at radius 3 is 2.61 bits per heavy atom. The van der Waals surface area contributed by atoms with Gasteiger partial charge in [-0.15, -0.1) is 0 Å². The fourth-order valence-electron chi connectivity index (χ4n) is 2.13. The lowest BCUT2D eigenvalue weighted by molar-refractivity contribution is -0.122. The Morgan fingerprint density at radius 2 is 2.00 bits per heavy atom. The van der Waals surface area contributed by atoms with Crippen LogP contribution in [0.1, 0.15) is 39.5 Å². The Bertz CT molecular complexity index is 296. The number of hydrogen-bond donors (Lipinski definition) is 4. The van der Waals surface area contributed by atoms with Crippen LogP contribution in [0.15, 0.2) is 0 Å². The number of carbonyl (C=O) groups excluding carboxylic acids is 2. The second-order valence-corrected chi connectivity index (χ2v) is 4.70. The third-order valence-electron chi connectivity index (χ3n) is 3.16. The SMILES string of the molecule is CCNC(=O)NC(=O)C(C)NC1CCCCC1O. The Morgan fingerprint density at radius 1 is 1.33 bits per heavy atom. The van der Waals surface area contributed by atoms with Crippen molar-refractivity contribution in [2.24, 2.45) is 0 Å². The highest BCUT2D eigenvalue weighted by molar-refractivity contribution is 5.96. The summed E-state index contributed by atoms with van der Waals surface area (Å²) in [6, 6.07) is -1.04. The van der Waals surface area contributed by atoms with Crippen LogP contribution in [-0.4, -0.2) is 41.8 Å². The molecule has 1 aliphatic rings. The van der Waals surface area contributed by atoms with E-state index in [0.717, 1.165) is 25.7 Å². The van der Waals surface area contributed by atoms with Crippen LogP contribution in [-0.2, 0) is 4.79 Å². The molecule has 0 bridgehead atoms. The van der Waals surface area contributed by atoms with Crippen molar-refractivity contribution < 1.29 is 14.7 Å². The third kappa shape index (κ3) is 4.62. The molecule has 1 rings (SSSR count). The molecule has 0 aromatic heterocycles. The first-order valence-corrected chi connectivity index (χ1v) is 6.57. The van der Waals surface area contributed by atoms with Gasteiger partial charge in [-0.05, 0) is 26.7 Å². The molecule has 0 aliphatic heterocycles. The molecular weight excluding hydrogens is 234 g/mol. The van der Waals surface area contributed by atoms with Crippen LogP contribution in [0.4, 0.5) is 4.79 Å². The van der Waals surface area contributed by atoms with Gasteiger partial charge in [0.1, 0.15) is 0 Å². The quantitative estimate of drug-likeness (QED) is 0.575. The fourth-order valence-corrected chi connectivity index (χ4v) is 2.13. The van der Waals surface area contributed by atoms with Gasteiger partial charge in [0.15, 0.2) is 0 Å². The number of aliphatic hydroxyl groups is 1. The zero-order valence-corrected chi connectivity index (χ0v) is 11.0. The van der Waals surface area contributed by atoms with Crippen LogP contribution in [0.25, 0.3) is 0 Å². The summed E-state index contributed by atoms with van der Waals surface area (Å²) in [5.74, 6) is -0.376. The van der Waals surface area contributed by atoms with E-state index in [1.165, 1.54) is 0 Å². The third-order valence-corrected chi connectivity index (χ3v) is 3.16. The summed E-state index contributed by atoms with van der Waals surface area (Å²) in [5.41, 5.74) is 0. The van der Waals surface area contributed by atoms with Gasteiger partial charge in [-0.25, -0.2) is 4.79 Å². The number of rotatable bonds is 4. The molecule has 0 spiro atoms. The van der Waals surface area contributed by atoms with Crippen LogP contribution < -0.4 is 16.0 Å². The zero-order chi connectivity index (χ0) is 13.5. The van der Waals surface area contributed by atoms with Crippen molar-refractivity contribution in [2.45, 2.75) is 57.7 Å². The number of carbonyl (C=O) groups is 2. The van der Waals surface area contributed by atoms with Crippen LogP contribution in [0.2, 0.25) is 0 Å². The van der Waals surface area contributed by atoms with E-state index in [1.54, 1.807) is 13.8 Å². The van der Waals surface area contributed by atoms with Crippen molar-refractivity contribution in [3.63, 3.8) is 0 Å². The highest BCUT2D eigenvalue weighted by Gasteiger charge is 2.26. The van der Waals surface area contributed by atoms with Crippen molar-refractivity contribution in [3.05, 3.63) is 0 Å². The van der Waals surface area contributed by atoms with E-state index in [4.69, 9.17) is 0 Å². The van der Waals surface area contributed by atoms with Crippen molar-refractivity contribution >= 4 is 11.9 Å². The van der Waals surface area contributed by atoms with Crippen molar-refractivity contribution in [1.82, 2.24) is 16.0 Å². The van der Waals surface area contributed by atoms with Gasteiger partial charge < -0.3 is 15.7 Å². The Kier molecular flexibility index (Phi) is 6.07. The van der Waals surface area contributed by atoms with Crippen LogP contribution in [0.5, 0.6) is 0 Å². The molecule has 6 nitrogen and oxygen atoms in total. The molecule has 0 saturated heterocycles. The van der Waals surface area contributed by atoms with E-state index in [2.05, 4.69) is 16.0 Å². The van der Waals surface area contributed by atoms with Crippen LogP contribution in [0.3, 0.4) is 0 Å². The molecule has 1 aliphatic carbocycles. The average Bonchev–Trinajstić information content (AvgIpc) is 2.32. The van der Waals surface area contributed by atoms with Gasteiger partial charge in [-0.1, -0.05) is 12.8 Å². The lowest BCUT2D eigenvalue weighted by Gasteiger charge is -2.30. The molecule has 3 unspecified atom stereocenters. The lowest BCUT2D eigenvalue weighted by atomic mass is 9.92. The number of imide groups is 1. The molecule has 0 aromatic carbocycles. The summed E-state index contributed by atoms with van der Waals surface area (Å²) in [5, 5.41) is 17.6. The monoisotopic (exact) mass is 257 g/mol. The van der Waals surface area contributed by atoms with E-state index in [1.807, 2.05) is 0 Å². The Hall–Kier alpha value is -1.14. The summed E-state index contributed by atoms with van der Waals surface area (Å²) in [6.45, 7) is 3.95. The van der Waals surface area contributed by atoms with E-state index < -0.39 is 18.2 Å². The molecule has 3 atom stereocenters. The minimum atomic E-state index is -0.495. The van der Waals surface area contributed by atoms with Crippen molar-refractivity contribution in [3.8, 4) is 0 Å². The topological polar surface area (TPSA) is 90.5 Å².